The Kier molecular flexibility index (Phi) is 9.35. The van der Waals surface area contributed by atoms with Gasteiger partial charge >= 0.3 is 0 Å². The average Bonchev–Trinajstić information content (AvgIpc) is 3.38. The molecule has 45 heavy (non-hydrogen) atoms. The van der Waals surface area contributed by atoms with Crippen LogP contribution in [0.15, 0.2) is 109 Å². The zero-order valence-electron chi connectivity index (χ0n) is 28.7. The van der Waals surface area contributed by atoms with Gasteiger partial charge in [0.15, 0.2) is 0 Å². The second-order valence-corrected chi connectivity index (χ2v) is 20.4. The summed E-state index contributed by atoms with van der Waals surface area (Å²) in [4.78, 5) is 0. The van der Waals surface area contributed by atoms with Gasteiger partial charge in [-0.1, -0.05) is 152 Å². The SMILES string of the molecule is CN(P(c1ccccc1)c1ccccc1)P1[C@H](c2ccc(C(C)(C)C)cc2)N2CCCCN2[C@H]1C1(C)C=CC(C(C)(C)C)=CC1. The van der Waals surface area contributed by atoms with Crippen LogP contribution in [0.4, 0.5) is 0 Å². The zero-order valence-corrected chi connectivity index (χ0v) is 30.5. The molecule has 6 rings (SSSR count). The predicted octanol–water partition coefficient (Wildman–Crippen LogP) is 9.95. The molecule has 238 valence electrons. The Hall–Kier alpha value is -2.12. The molecule has 3 aromatic rings. The Morgan fingerprint density at radius 1 is 0.756 bits per heavy atom. The van der Waals surface area contributed by atoms with Gasteiger partial charge in [0.1, 0.15) is 0 Å². The van der Waals surface area contributed by atoms with Crippen LogP contribution in [0.25, 0.3) is 0 Å². The van der Waals surface area contributed by atoms with E-state index < -0.39 is 16.1 Å². The summed E-state index contributed by atoms with van der Waals surface area (Å²) >= 11 is 0. The van der Waals surface area contributed by atoms with Crippen LogP contribution in [-0.2, 0) is 5.41 Å². The minimum absolute atomic E-state index is 0.0405. The van der Waals surface area contributed by atoms with Crippen LogP contribution in [0.3, 0.4) is 0 Å². The standard InChI is InChI=1S/C40H53N3P2/c1-38(2,3)32-23-21-31(22-24-32)36-42-29-15-16-30-43(42)37(40(7)27-25-33(26-28-40)39(4,5)6)45(36)41(8)44(34-17-11-9-12-18-34)35-19-13-10-14-20-35/h9-14,17-27,36-37H,15-16,28-30H2,1-8H3/t36-,37-,40?,45?/m1/s1. The lowest BCUT2D eigenvalue weighted by molar-refractivity contribution is -0.0712. The van der Waals surface area contributed by atoms with E-state index in [0.29, 0.717) is 11.6 Å². The van der Waals surface area contributed by atoms with Crippen LogP contribution in [-0.4, -0.2) is 40.4 Å². The Morgan fingerprint density at radius 3 is 1.80 bits per heavy atom. The maximum absolute atomic E-state index is 2.88. The topological polar surface area (TPSA) is 9.72 Å². The Labute approximate surface area is 276 Å². The third kappa shape index (κ3) is 6.54. The van der Waals surface area contributed by atoms with Crippen molar-refractivity contribution in [3.8, 4) is 0 Å². The van der Waals surface area contributed by atoms with Crippen LogP contribution in [0.1, 0.15) is 84.6 Å². The van der Waals surface area contributed by atoms with E-state index >= 15 is 0 Å². The molecule has 0 bridgehead atoms. The first-order valence-electron chi connectivity index (χ1n) is 16.8. The average molecular weight is 638 g/mol. The van der Waals surface area contributed by atoms with E-state index in [4.69, 9.17) is 0 Å². The Morgan fingerprint density at radius 2 is 1.31 bits per heavy atom. The number of benzene rings is 3. The molecule has 3 aromatic carbocycles. The molecule has 0 radical (unpaired) electrons. The van der Waals surface area contributed by atoms with E-state index in [-0.39, 0.29) is 16.2 Å². The molecule has 2 heterocycles. The molecule has 2 aliphatic heterocycles. The van der Waals surface area contributed by atoms with Gasteiger partial charge in [-0.15, -0.1) is 0 Å². The number of nitrogens with zero attached hydrogens (tertiary/aromatic N) is 3. The van der Waals surface area contributed by atoms with Crippen molar-refractivity contribution in [1.82, 2.24) is 14.5 Å². The molecule has 0 amide bonds. The van der Waals surface area contributed by atoms with Crippen molar-refractivity contribution in [3.05, 3.63) is 120 Å². The molecule has 3 nitrogen and oxygen atoms in total. The molecule has 0 N–H and O–H groups in total. The van der Waals surface area contributed by atoms with Crippen LogP contribution in [0, 0.1) is 10.8 Å². The number of hydrogen-bond donors (Lipinski definition) is 0. The third-order valence-corrected chi connectivity index (χ3v) is 16.4. The summed E-state index contributed by atoms with van der Waals surface area (Å²) in [5, 5.41) is 8.53. The number of allylic oxidation sites excluding steroid dienone is 3. The molecule has 0 saturated carbocycles. The highest BCUT2D eigenvalue weighted by atomic mass is 31.2. The van der Waals surface area contributed by atoms with Crippen molar-refractivity contribution in [3.63, 3.8) is 0 Å². The smallest absolute Gasteiger partial charge is 0.0844 e. The Bertz CT molecular complexity index is 1460. The van der Waals surface area contributed by atoms with Crippen LogP contribution < -0.4 is 10.6 Å². The van der Waals surface area contributed by atoms with Gasteiger partial charge in [-0.2, -0.15) is 0 Å². The largest absolute Gasteiger partial charge is 0.252 e. The number of rotatable bonds is 6. The van der Waals surface area contributed by atoms with E-state index in [9.17, 15) is 0 Å². The lowest BCUT2D eigenvalue weighted by atomic mass is 9.75. The summed E-state index contributed by atoms with van der Waals surface area (Å²) in [6.45, 7) is 18.8. The van der Waals surface area contributed by atoms with Gasteiger partial charge in [-0.05, 0) is 64.4 Å². The highest BCUT2D eigenvalue weighted by molar-refractivity contribution is 7.79. The second-order valence-electron chi connectivity index (χ2n) is 15.5. The van der Waals surface area contributed by atoms with Crippen molar-refractivity contribution >= 4 is 26.8 Å². The minimum Gasteiger partial charge on any atom is -0.252 e. The molecule has 1 aliphatic carbocycles. The third-order valence-electron chi connectivity index (χ3n) is 9.98. The number of hydrogen-bond acceptors (Lipinski definition) is 3. The Balaban J connectivity index is 1.51. The molecule has 2 saturated heterocycles. The van der Waals surface area contributed by atoms with Gasteiger partial charge in [0.05, 0.1) is 11.6 Å². The van der Waals surface area contributed by atoms with E-state index in [0.717, 1.165) is 19.5 Å². The van der Waals surface area contributed by atoms with Crippen molar-refractivity contribution in [2.75, 3.05) is 20.1 Å². The summed E-state index contributed by atoms with van der Waals surface area (Å²) in [6.07, 6.45) is 11.2. The second kappa shape index (κ2) is 12.8. The van der Waals surface area contributed by atoms with E-state index in [1.807, 2.05) is 0 Å². The van der Waals surface area contributed by atoms with Crippen molar-refractivity contribution in [2.45, 2.75) is 84.7 Å². The number of fused-ring (bicyclic) bond motifs is 1. The van der Waals surface area contributed by atoms with E-state index in [2.05, 4.69) is 173 Å². The molecule has 0 spiro atoms. The molecular weight excluding hydrogens is 584 g/mol. The fourth-order valence-electron chi connectivity index (χ4n) is 7.39. The van der Waals surface area contributed by atoms with Crippen molar-refractivity contribution in [2.24, 2.45) is 10.8 Å². The van der Waals surface area contributed by atoms with E-state index in [1.165, 1.54) is 40.2 Å². The molecule has 2 unspecified atom stereocenters. The van der Waals surface area contributed by atoms with Crippen LogP contribution >= 0.6 is 16.1 Å². The molecule has 5 heteroatoms. The van der Waals surface area contributed by atoms with Gasteiger partial charge in [-0.3, -0.25) is 4.44 Å². The lowest BCUT2D eigenvalue weighted by Crippen LogP contribution is -2.51. The summed E-state index contributed by atoms with van der Waals surface area (Å²) in [5.41, 5.74) is 4.70. The molecule has 4 atom stereocenters. The summed E-state index contributed by atoms with van der Waals surface area (Å²) in [5.74, 6) is 0.761. The first-order valence-corrected chi connectivity index (χ1v) is 19.6. The maximum Gasteiger partial charge on any atom is 0.0844 e. The van der Waals surface area contributed by atoms with Gasteiger partial charge in [-0.25, -0.2) is 10.0 Å². The fourth-order valence-corrected chi connectivity index (χ4v) is 14.5. The molecular formula is C40H53N3P2. The van der Waals surface area contributed by atoms with E-state index in [1.54, 1.807) is 0 Å². The predicted molar refractivity (Wildman–Crippen MR) is 197 cm³/mol. The highest BCUT2D eigenvalue weighted by Gasteiger charge is 2.57. The summed E-state index contributed by atoms with van der Waals surface area (Å²) in [6, 6.07) is 32.4. The van der Waals surface area contributed by atoms with Crippen molar-refractivity contribution in [1.29, 1.82) is 0 Å². The molecule has 3 aliphatic rings. The first kappa shape index (κ1) is 32.8. The minimum atomic E-state index is -0.721. The summed E-state index contributed by atoms with van der Waals surface area (Å²) < 4.78 is 2.88. The quantitative estimate of drug-likeness (QED) is 0.249. The highest BCUT2D eigenvalue weighted by Crippen LogP contribution is 2.74. The van der Waals surface area contributed by atoms with Gasteiger partial charge in [0, 0.05) is 34.6 Å². The molecule has 0 aromatic heterocycles. The van der Waals surface area contributed by atoms with Gasteiger partial charge < -0.3 is 0 Å². The first-order chi connectivity index (χ1) is 21.4. The zero-order chi connectivity index (χ0) is 32.0. The van der Waals surface area contributed by atoms with Crippen LogP contribution in [0.2, 0.25) is 0 Å². The fraction of sp³-hybridized carbons (Fsp3) is 0.450. The van der Waals surface area contributed by atoms with Gasteiger partial charge in [0.25, 0.3) is 0 Å². The monoisotopic (exact) mass is 637 g/mol. The summed E-state index contributed by atoms with van der Waals surface area (Å²) in [7, 11) is 1.08. The number of hydrazine groups is 1. The lowest BCUT2D eigenvalue weighted by Gasteiger charge is -2.47. The van der Waals surface area contributed by atoms with Gasteiger partial charge in [0.2, 0.25) is 0 Å². The maximum atomic E-state index is 2.88. The van der Waals surface area contributed by atoms with Crippen LogP contribution in [0.5, 0.6) is 0 Å². The normalized spacial score (nSPS) is 26.4. The molecule has 2 fully saturated rings. The van der Waals surface area contributed by atoms with Crippen molar-refractivity contribution < 1.29 is 0 Å².